The molecule has 0 aliphatic carbocycles. The van der Waals surface area contributed by atoms with Gasteiger partial charge in [-0.05, 0) is 5.56 Å². The normalized spacial score (nSPS) is 15.5. The zero-order valence-electron chi connectivity index (χ0n) is 20.4. The second-order valence-electron chi connectivity index (χ2n) is 9.24. The van der Waals surface area contributed by atoms with Crippen molar-refractivity contribution in [2.24, 2.45) is 0 Å². The molecule has 37 heavy (non-hydrogen) atoms. The van der Waals surface area contributed by atoms with Crippen molar-refractivity contribution in [3.05, 3.63) is 95.0 Å². The van der Waals surface area contributed by atoms with Gasteiger partial charge < -0.3 is 19.1 Å². The number of fused-ring (bicyclic) bond motifs is 1. The van der Waals surface area contributed by atoms with Gasteiger partial charge in [-0.1, -0.05) is 65.8 Å². The summed E-state index contributed by atoms with van der Waals surface area (Å²) < 4.78 is 12.8. The summed E-state index contributed by atoms with van der Waals surface area (Å²) in [5, 5.41) is 8.88. The molecule has 0 bridgehead atoms. The molecule has 1 fully saturated rings. The zero-order valence-corrected chi connectivity index (χ0v) is 20.4. The quantitative estimate of drug-likeness (QED) is 0.420. The molecule has 2 aromatic carbocycles. The highest BCUT2D eigenvalue weighted by atomic mass is 16.5. The van der Waals surface area contributed by atoms with Crippen molar-refractivity contribution in [2.45, 2.75) is 19.5 Å². The summed E-state index contributed by atoms with van der Waals surface area (Å²) in [7, 11) is 0. The molecule has 2 amide bonds. The van der Waals surface area contributed by atoms with Crippen LogP contribution in [0.2, 0.25) is 0 Å². The van der Waals surface area contributed by atoms with Crippen LogP contribution in [0.15, 0.2) is 71.3 Å². The molecule has 9 heteroatoms. The molecule has 2 aromatic heterocycles. The number of hydrogen-bond acceptors (Lipinski definition) is 6. The predicted octanol–water partition coefficient (Wildman–Crippen LogP) is 3.26. The van der Waals surface area contributed by atoms with Crippen LogP contribution in [0.1, 0.15) is 37.9 Å². The number of amides is 2. The van der Waals surface area contributed by atoms with Crippen molar-refractivity contribution in [3.8, 4) is 11.3 Å². The van der Waals surface area contributed by atoms with Crippen molar-refractivity contribution < 1.29 is 18.8 Å². The van der Waals surface area contributed by atoms with Gasteiger partial charge >= 0.3 is 0 Å². The molecule has 0 N–H and O–H groups in total. The van der Waals surface area contributed by atoms with E-state index in [0.717, 1.165) is 22.4 Å². The van der Waals surface area contributed by atoms with Crippen molar-refractivity contribution >= 4 is 11.8 Å². The molecule has 9 nitrogen and oxygen atoms in total. The smallest absolute Gasteiger partial charge is 0.292 e. The molecule has 2 aliphatic heterocycles. The molecule has 2 aliphatic rings. The summed E-state index contributed by atoms with van der Waals surface area (Å²) in [5.74, 6) is -0.187. The molecular formula is C28H27N5O4. The Bertz CT molecular complexity index is 1410. The SMILES string of the molecule is O=C(c1cc(-c2ccccc2)no1)N1CCc2c(c(C(=O)N3CCOCC3)nn2Cc2ccccc2)C1. The van der Waals surface area contributed by atoms with Gasteiger partial charge in [0.1, 0.15) is 5.69 Å². The second-order valence-corrected chi connectivity index (χ2v) is 9.24. The molecule has 1 saturated heterocycles. The summed E-state index contributed by atoms with van der Waals surface area (Å²) in [6.07, 6.45) is 0.594. The van der Waals surface area contributed by atoms with Crippen molar-refractivity contribution in [1.29, 1.82) is 0 Å². The lowest BCUT2D eigenvalue weighted by molar-refractivity contribution is 0.0296. The maximum absolute atomic E-state index is 13.5. The minimum atomic E-state index is -0.249. The molecule has 0 spiro atoms. The number of carbonyl (C=O) groups excluding carboxylic acids is 2. The Balaban J connectivity index is 1.29. The monoisotopic (exact) mass is 497 g/mol. The third kappa shape index (κ3) is 4.65. The van der Waals surface area contributed by atoms with Crippen LogP contribution in [-0.2, 0) is 24.2 Å². The summed E-state index contributed by atoms with van der Waals surface area (Å²) in [6.45, 7) is 3.44. The van der Waals surface area contributed by atoms with E-state index in [1.54, 1.807) is 15.9 Å². The molecule has 4 aromatic rings. The van der Waals surface area contributed by atoms with E-state index in [4.69, 9.17) is 14.4 Å². The third-order valence-electron chi connectivity index (χ3n) is 6.89. The van der Waals surface area contributed by atoms with Crippen LogP contribution in [0.4, 0.5) is 0 Å². The van der Waals surface area contributed by atoms with Crippen LogP contribution in [0, 0.1) is 0 Å². The van der Waals surface area contributed by atoms with Gasteiger partial charge in [0.15, 0.2) is 5.69 Å². The Hall–Kier alpha value is -4.24. The van der Waals surface area contributed by atoms with E-state index >= 15 is 0 Å². The summed E-state index contributed by atoms with van der Waals surface area (Å²) in [4.78, 5) is 30.4. The van der Waals surface area contributed by atoms with Crippen molar-refractivity contribution in [2.75, 3.05) is 32.8 Å². The summed E-state index contributed by atoms with van der Waals surface area (Å²) >= 11 is 0. The van der Waals surface area contributed by atoms with Crippen molar-refractivity contribution in [3.63, 3.8) is 0 Å². The highest BCUT2D eigenvalue weighted by Crippen LogP contribution is 2.27. The molecule has 4 heterocycles. The lowest BCUT2D eigenvalue weighted by atomic mass is 10.0. The second kappa shape index (κ2) is 10.0. The van der Waals surface area contributed by atoms with Crippen LogP contribution < -0.4 is 0 Å². The highest BCUT2D eigenvalue weighted by molar-refractivity contribution is 5.95. The number of nitrogens with zero attached hydrogens (tertiary/aromatic N) is 5. The van der Waals surface area contributed by atoms with Crippen LogP contribution >= 0.6 is 0 Å². The Morgan fingerprint density at radius 2 is 1.59 bits per heavy atom. The number of morpholine rings is 1. The largest absolute Gasteiger partial charge is 0.378 e. The summed E-state index contributed by atoms with van der Waals surface area (Å²) in [5.41, 5.74) is 4.80. The van der Waals surface area contributed by atoms with Gasteiger partial charge in [0.2, 0.25) is 5.76 Å². The van der Waals surface area contributed by atoms with Crippen LogP contribution in [0.3, 0.4) is 0 Å². The Kier molecular flexibility index (Phi) is 6.28. The van der Waals surface area contributed by atoms with Crippen LogP contribution in [0.5, 0.6) is 0 Å². The lowest BCUT2D eigenvalue weighted by Gasteiger charge is -2.29. The Morgan fingerprint density at radius 1 is 0.865 bits per heavy atom. The van der Waals surface area contributed by atoms with E-state index in [1.165, 1.54) is 0 Å². The summed E-state index contributed by atoms with van der Waals surface area (Å²) in [6, 6.07) is 21.3. The number of carbonyl (C=O) groups is 2. The lowest BCUT2D eigenvalue weighted by Crippen LogP contribution is -2.42. The average molecular weight is 498 g/mol. The van der Waals surface area contributed by atoms with E-state index in [2.05, 4.69) is 5.16 Å². The number of aromatic nitrogens is 3. The van der Waals surface area contributed by atoms with E-state index in [-0.39, 0.29) is 24.1 Å². The number of benzene rings is 2. The van der Waals surface area contributed by atoms with Gasteiger partial charge in [-0.3, -0.25) is 14.3 Å². The first kappa shape index (κ1) is 23.2. The maximum Gasteiger partial charge on any atom is 0.292 e. The maximum atomic E-state index is 13.5. The predicted molar refractivity (Wildman–Crippen MR) is 135 cm³/mol. The van der Waals surface area contributed by atoms with Crippen LogP contribution in [-0.4, -0.2) is 69.4 Å². The number of ether oxygens (including phenoxy) is 1. The standard InChI is InChI=1S/C28H27N5O4/c34-27(25-17-23(30-37-25)21-9-5-2-6-10-21)32-12-11-24-22(19-32)26(28(35)31-13-15-36-16-14-31)29-33(24)18-20-7-3-1-4-8-20/h1-10,17H,11-16,18-19H2. The Labute approximate surface area is 214 Å². The molecule has 188 valence electrons. The minimum Gasteiger partial charge on any atom is -0.378 e. The fourth-order valence-corrected chi connectivity index (χ4v) is 4.92. The fraction of sp³-hybridized carbons (Fsp3) is 0.286. The molecule has 0 unspecified atom stereocenters. The van der Waals surface area contributed by atoms with Gasteiger partial charge in [0, 0.05) is 48.9 Å². The first-order valence-corrected chi connectivity index (χ1v) is 12.5. The topological polar surface area (TPSA) is 93.7 Å². The molecule has 0 atom stereocenters. The number of hydrogen-bond donors (Lipinski definition) is 0. The third-order valence-corrected chi connectivity index (χ3v) is 6.89. The Morgan fingerprint density at radius 3 is 2.35 bits per heavy atom. The average Bonchev–Trinajstić information content (AvgIpc) is 3.59. The van der Waals surface area contributed by atoms with Gasteiger partial charge in [0.05, 0.1) is 26.3 Å². The van der Waals surface area contributed by atoms with E-state index in [9.17, 15) is 9.59 Å². The minimum absolute atomic E-state index is 0.119. The van der Waals surface area contributed by atoms with Gasteiger partial charge in [-0.25, -0.2) is 0 Å². The zero-order chi connectivity index (χ0) is 25.2. The molecule has 6 rings (SSSR count). The highest BCUT2D eigenvalue weighted by Gasteiger charge is 2.33. The van der Waals surface area contributed by atoms with Gasteiger partial charge in [-0.15, -0.1) is 0 Å². The number of rotatable bonds is 5. The van der Waals surface area contributed by atoms with E-state index in [0.29, 0.717) is 57.2 Å². The van der Waals surface area contributed by atoms with Gasteiger partial charge in [-0.2, -0.15) is 5.10 Å². The van der Waals surface area contributed by atoms with E-state index in [1.807, 2.05) is 65.3 Å². The van der Waals surface area contributed by atoms with E-state index < -0.39 is 0 Å². The van der Waals surface area contributed by atoms with Crippen molar-refractivity contribution in [1.82, 2.24) is 24.7 Å². The first-order chi connectivity index (χ1) is 18.2. The molecule has 0 saturated carbocycles. The van der Waals surface area contributed by atoms with Gasteiger partial charge in [0.25, 0.3) is 11.8 Å². The fourth-order valence-electron chi connectivity index (χ4n) is 4.92. The molecule has 0 radical (unpaired) electrons. The first-order valence-electron chi connectivity index (χ1n) is 12.5. The van der Waals surface area contributed by atoms with Crippen LogP contribution in [0.25, 0.3) is 11.3 Å². The molecular weight excluding hydrogens is 470 g/mol.